The largest absolute Gasteiger partial charge is 0.489 e. The summed E-state index contributed by atoms with van der Waals surface area (Å²) in [7, 11) is 0. The molecule has 1 aromatic carbocycles. The number of anilines is 1. The number of aromatic amines is 1. The Balaban J connectivity index is 1.38. The fourth-order valence-electron chi connectivity index (χ4n) is 4.98. The van der Waals surface area contributed by atoms with E-state index in [1.807, 2.05) is 25.1 Å². The van der Waals surface area contributed by atoms with E-state index in [1.54, 1.807) is 6.20 Å². The maximum atomic E-state index is 9.94. The van der Waals surface area contributed by atoms with E-state index in [2.05, 4.69) is 57.4 Å². The highest BCUT2D eigenvalue weighted by molar-refractivity contribution is 5.80. The van der Waals surface area contributed by atoms with Crippen LogP contribution in [0.15, 0.2) is 60.0 Å². The lowest BCUT2D eigenvalue weighted by atomic mass is 9.98. The van der Waals surface area contributed by atoms with Gasteiger partial charge in [-0.3, -0.25) is 0 Å². The van der Waals surface area contributed by atoms with E-state index in [-0.39, 0.29) is 12.0 Å². The number of piperidine rings is 1. The Hall–Kier alpha value is -3.67. The van der Waals surface area contributed by atoms with Gasteiger partial charge >= 0.3 is 0 Å². The van der Waals surface area contributed by atoms with Gasteiger partial charge < -0.3 is 24.7 Å². The fraction of sp³-hybridized carbons (Fsp3) is 0.414. The number of nitrogens with zero attached hydrogens (tertiary/aromatic N) is 4. The van der Waals surface area contributed by atoms with E-state index < -0.39 is 0 Å². The lowest BCUT2D eigenvalue weighted by molar-refractivity contribution is 0.0939. The number of hydrogen-bond donors (Lipinski definition) is 2. The number of aromatic nitrogens is 3. The number of nitrogens with one attached hydrogen (secondary N) is 2. The van der Waals surface area contributed by atoms with Crippen molar-refractivity contribution in [1.82, 2.24) is 20.3 Å². The van der Waals surface area contributed by atoms with Crippen molar-refractivity contribution in [3.63, 3.8) is 0 Å². The summed E-state index contributed by atoms with van der Waals surface area (Å²) in [4.78, 5) is 15.2. The standard InChI is InChI=1S/C29H34N6O2/c1-3-26(37-24-8-11-31-12-9-24)22(19-30)18-20(2)25-10-13-32-29-27(25)33-28(34-29)21-4-6-23(7-5-21)35-14-16-36-17-15-35/h3-7,10,13,18,20,24,31H,8-9,11-12,14-17H2,1-2H3,(H,32,33,34)/b22-18-,26-3+. The molecule has 2 aliphatic heterocycles. The van der Waals surface area contributed by atoms with E-state index in [0.717, 1.165) is 80.3 Å². The van der Waals surface area contributed by atoms with Crippen molar-refractivity contribution < 1.29 is 9.47 Å². The van der Waals surface area contributed by atoms with Gasteiger partial charge in [0.15, 0.2) is 5.65 Å². The van der Waals surface area contributed by atoms with Crippen LogP contribution in [0.5, 0.6) is 0 Å². The fourth-order valence-corrected chi connectivity index (χ4v) is 4.98. The minimum Gasteiger partial charge on any atom is -0.489 e. The highest BCUT2D eigenvalue weighted by atomic mass is 16.5. The van der Waals surface area contributed by atoms with E-state index in [4.69, 9.17) is 14.5 Å². The van der Waals surface area contributed by atoms with Crippen LogP contribution >= 0.6 is 0 Å². The molecule has 37 heavy (non-hydrogen) atoms. The first-order chi connectivity index (χ1) is 18.2. The van der Waals surface area contributed by atoms with Gasteiger partial charge in [0.2, 0.25) is 0 Å². The monoisotopic (exact) mass is 498 g/mol. The van der Waals surface area contributed by atoms with Crippen LogP contribution < -0.4 is 10.2 Å². The number of rotatable bonds is 7. The van der Waals surface area contributed by atoms with Crippen molar-refractivity contribution in [2.75, 3.05) is 44.3 Å². The molecule has 2 aromatic heterocycles. The second-order valence-corrected chi connectivity index (χ2v) is 9.53. The van der Waals surface area contributed by atoms with E-state index in [9.17, 15) is 5.26 Å². The number of H-pyrrole nitrogens is 1. The zero-order chi connectivity index (χ0) is 25.6. The van der Waals surface area contributed by atoms with Crippen LogP contribution in [0.3, 0.4) is 0 Å². The van der Waals surface area contributed by atoms with Gasteiger partial charge in [-0.2, -0.15) is 5.26 Å². The van der Waals surface area contributed by atoms with Gasteiger partial charge in [-0.25, -0.2) is 9.97 Å². The second-order valence-electron chi connectivity index (χ2n) is 9.53. The Morgan fingerprint density at radius 1 is 1.19 bits per heavy atom. The molecule has 0 aliphatic carbocycles. The van der Waals surface area contributed by atoms with Crippen molar-refractivity contribution in [2.45, 2.75) is 38.7 Å². The molecule has 8 heteroatoms. The number of imidazole rings is 1. The minimum atomic E-state index is -0.0495. The smallest absolute Gasteiger partial charge is 0.157 e. The number of fused-ring (bicyclic) bond motifs is 1. The summed E-state index contributed by atoms with van der Waals surface area (Å²) < 4.78 is 11.7. The number of pyridine rings is 1. The lowest BCUT2D eigenvalue weighted by Crippen LogP contribution is -2.36. The number of morpholine rings is 1. The Bertz CT molecular complexity index is 1310. The van der Waals surface area contributed by atoms with Gasteiger partial charge in [-0.1, -0.05) is 13.0 Å². The number of nitriles is 1. The van der Waals surface area contributed by atoms with Crippen LogP contribution in [0.4, 0.5) is 5.69 Å². The summed E-state index contributed by atoms with van der Waals surface area (Å²) in [5, 5.41) is 13.3. The zero-order valence-corrected chi connectivity index (χ0v) is 21.5. The summed E-state index contributed by atoms with van der Waals surface area (Å²) in [5.41, 5.74) is 5.32. The van der Waals surface area contributed by atoms with Crippen LogP contribution in [-0.4, -0.2) is 60.4 Å². The topological polar surface area (TPSA) is 99.1 Å². The van der Waals surface area contributed by atoms with E-state index in [0.29, 0.717) is 11.3 Å². The molecule has 4 heterocycles. The van der Waals surface area contributed by atoms with Crippen molar-refractivity contribution in [2.24, 2.45) is 0 Å². The average molecular weight is 499 g/mol. The summed E-state index contributed by atoms with van der Waals surface area (Å²) in [6.07, 6.45) is 7.67. The summed E-state index contributed by atoms with van der Waals surface area (Å²) in [6.45, 7) is 9.22. The van der Waals surface area contributed by atoms with Gasteiger partial charge in [-0.05, 0) is 74.8 Å². The Morgan fingerprint density at radius 2 is 1.95 bits per heavy atom. The van der Waals surface area contributed by atoms with Gasteiger partial charge in [-0.15, -0.1) is 0 Å². The number of benzene rings is 1. The third-order valence-corrected chi connectivity index (χ3v) is 7.07. The molecule has 3 aromatic rings. The van der Waals surface area contributed by atoms with Crippen molar-refractivity contribution >= 4 is 16.9 Å². The zero-order valence-electron chi connectivity index (χ0n) is 21.5. The van der Waals surface area contributed by atoms with Crippen LogP contribution in [0, 0.1) is 11.3 Å². The highest BCUT2D eigenvalue weighted by Gasteiger charge is 2.20. The minimum absolute atomic E-state index is 0.0495. The van der Waals surface area contributed by atoms with Crippen LogP contribution in [0.25, 0.3) is 22.6 Å². The SMILES string of the molecule is C/C=C(OC1CCNCC1)\C(C#N)=C/C(C)c1ccnc2[nH]c(-c3ccc(N4CCOCC4)cc3)nc12. The van der Waals surface area contributed by atoms with Crippen molar-refractivity contribution in [3.8, 4) is 17.5 Å². The van der Waals surface area contributed by atoms with E-state index >= 15 is 0 Å². The summed E-state index contributed by atoms with van der Waals surface area (Å²) >= 11 is 0. The number of hydrogen-bond acceptors (Lipinski definition) is 7. The quantitative estimate of drug-likeness (QED) is 0.277. The second kappa shape index (κ2) is 11.6. The molecule has 2 aliphatic rings. The molecular formula is C29H34N6O2. The van der Waals surface area contributed by atoms with E-state index in [1.165, 1.54) is 5.69 Å². The van der Waals surface area contributed by atoms with Gasteiger partial charge in [0, 0.05) is 36.5 Å². The molecule has 2 saturated heterocycles. The average Bonchev–Trinajstić information content (AvgIpc) is 3.40. The first-order valence-electron chi connectivity index (χ1n) is 13.1. The van der Waals surface area contributed by atoms with Crippen LogP contribution in [0.2, 0.25) is 0 Å². The third kappa shape index (κ3) is 5.68. The Labute approximate surface area is 218 Å². The molecule has 2 N–H and O–H groups in total. The normalized spacial score (nSPS) is 18.6. The Kier molecular flexibility index (Phi) is 7.83. The third-order valence-electron chi connectivity index (χ3n) is 7.07. The first-order valence-corrected chi connectivity index (χ1v) is 13.1. The molecule has 2 fully saturated rings. The molecule has 1 unspecified atom stereocenters. The summed E-state index contributed by atoms with van der Waals surface area (Å²) in [5.74, 6) is 1.38. The first kappa shape index (κ1) is 25.0. The lowest BCUT2D eigenvalue weighted by Gasteiger charge is -2.28. The van der Waals surface area contributed by atoms with Gasteiger partial charge in [0.25, 0.3) is 0 Å². The maximum Gasteiger partial charge on any atom is 0.157 e. The molecule has 1 atom stereocenters. The molecule has 192 valence electrons. The number of ether oxygens (including phenoxy) is 2. The molecular weight excluding hydrogens is 464 g/mol. The molecule has 0 bridgehead atoms. The van der Waals surface area contributed by atoms with Crippen molar-refractivity contribution in [1.29, 1.82) is 5.26 Å². The van der Waals surface area contributed by atoms with Crippen LogP contribution in [-0.2, 0) is 9.47 Å². The molecule has 0 radical (unpaired) electrons. The maximum absolute atomic E-state index is 9.94. The molecule has 0 saturated carbocycles. The van der Waals surface area contributed by atoms with Crippen molar-refractivity contribution in [3.05, 3.63) is 65.6 Å². The Morgan fingerprint density at radius 3 is 2.65 bits per heavy atom. The van der Waals surface area contributed by atoms with Gasteiger partial charge in [0.1, 0.15) is 29.3 Å². The predicted molar refractivity (Wildman–Crippen MR) is 145 cm³/mol. The number of allylic oxidation sites excluding steroid dienone is 3. The molecule has 0 amide bonds. The van der Waals surface area contributed by atoms with Gasteiger partial charge in [0.05, 0.1) is 18.8 Å². The molecule has 0 spiro atoms. The molecule has 8 nitrogen and oxygen atoms in total. The molecule has 5 rings (SSSR count). The highest BCUT2D eigenvalue weighted by Crippen LogP contribution is 2.30. The van der Waals surface area contributed by atoms with Crippen LogP contribution in [0.1, 0.15) is 38.2 Å². The summed E-state index contributed by atoms with van der Waals surface area (Å²) in [6, 6.07) is 12.8. The predicted octanol–water partition coefficient (Wildman–Crippen LogP) is 4.69.